The third-order valence-electron chi connectivity index (χ3n) is 2.46. The minimum absolute atomic E-state index is 0.0269. The first-order valence-electron chi connectivity index (χ1n) is 4.98. The summed E-state index contributed by atoms with van der Waals surface area (Å²) in [6.45, 7) is 6.47. The average molecular weight is 185 g/mol. The van der Waals surface area contributed by atoms with E-state index >= 15 is 0 Å². The first-order chi connectivity index (χ1) is 6.13. The molecular weight excluding hydrogens is 166 g/mol. The summed E-state index contributed by atoms with van der Waals surface area (Å²) in [5.41, 5.74) is 0. The molecule has 1 aliphatic rings. The number of esters is 1. The molecule has 1 rings (SSSR count). The Morgan fingerprint density at radius 3 is 2.77 bits per heavy atom. The number of hydrogen-bond donors (Lipinski definition) is 0. The van der Waals surface area contributed by atoms with Crippen molar-refractivity contribution in [1.82, 2.24) is 4.90 Å². The molecular formula is C10H19NO2. The molecule has 1 aliphatic heterocycles. The van der Waals surface area contributed by atoms with Gasteiger partial charge in [0.15, 0.2) is 0 Å². The molecule has 1 heterocycles. The maximum atomic E-state index is 11.4. The first-order valence-corrected chi connectivity index (χ1v) is 4.98. The van der Waals surface area contributed by atoms with Crippen molar-refractivity contribution in [2.24, 2.45) is 11.8 Å². The number of piperidine rings is 1. The molecule has 1 saturated heterocycles. The molecule has 0 aromatic heterocycles. The van der Waals surface area contributed by atoms with Gasteiger partial charge < -0.3 is 9.64 Å². The topological polar surface area (TPSA) is 29.5 Å². The number of ether oxygens (including phenoxy) is 1. The van der Waals surface area contributed by atoms with Gasteiger partial charge in [0, 0.05) is 13.1 Å². The zero-order valence-electron chi connectivity index (χ0n) is 8.75. The van der Waals surface area contributed by atoms with Crippen LogP contribution in [0.3, 0.4) is 0 Å². The Morgan fingerprint density at radius 2 is 2.23 bits per heavy atom. The third-order valence-corrected chi connectivity index (χ3v) is 2.46. The number of nitrogens with zero attached hydrogens (tertiary/aromatic N) is 1. The van der Waals surface area contributed by atoms with Gasteiger partial charge in [0.2, 0.25) is 0 Å². The molecule has 76 valence electrons. The molecule has 0 spiro atoms. The number of carbonyl (C=O) groups excluding carboxylic acids is 1. The van der Waals surface area contributed by atoms with Gasteiger partial charge in [-0.05, 0) is 26.3 Å². The quantitative estimate of drug-likeness (QED) is 0.604. The Kier molecular flexibility index (Phi) is 3.72. The minimum Gasteiger partial charge on any atom is -0.466 e. The van der Waals surface area contributed by atoms with Gasteiger partial charge in [-0.2, -0.15) is 0 Å². The third kappa shape index (κ3) is 2.99. The highest BCUT2D eigenvalue weighted by Gasteiger charge is 2.28. The number of rotatable bonds is 2. The fourth-order valence-corrected chi connectivity index (χ4v) is 2.05. The number of hydrogen-bond acceptors (Lipinski definition) is 3. The largest absolute Gasteiger partial charge is 0.466 e. The first kappa shape index (κ1) is 10.5. The second-order valence-corrected chi connectivity index (χ2v) is 4.01. The van der Waals surface area contributed by atoms with E-state index in [0.29, 0.717) is 12.5 Å². The molecule has 13 heavy (non-hydrogen) atoms. The van der Waals surface area contributed by atoms with Crippen LogP contribution in [-0.4, -0.2) is 37.6 Å². The normalized spacial score (nSPS) is 30.1. The summed E-state index contributed by atoms with van der Waals surface area (Å²) in [4.78, 5) is 13.6. The molecule has 3 heteroatoms. The standard InChI is InChI=1S/C10H19NO2/c1-4-13-10(12)9-5-8(2)6-11(3)7-9/h8-9H,4-7H2,1-3H3/t8-,9+/m1/s1. The Balaban J connectivity index is 2.45. The van der Waals surface area contributed by atoms with E-state index in [4.69, 9.17) is 4.74 Å². The Labute approximate surface area is 80.1 Å². The fourth-order valence-electron chi connectivity index (χ4n) is 2.05. The molecule has 0 radical (unpaired) electrons. The zero-order valence-corrected chi connectivity index (χ0v) is 8.75. The van der Waals surface area contributed by atoms with E-state index in [2.05, 4.69) is 18.9 Å². The van der Waals surface area contributed by atoms with Gasteiger partial charge >= 0.3 is 5.97 Å². The van der Waals surface area contributed by atoms with Gasteiger partial charge in [0.1, 0.15) is 0 Å². The molecule has 0 bridgehead atoms. The van der Waals surface area contributed by atoms with E-state index < -0.39 is 0 Å². The van der Waals surface area contributed by atoms with Gasteiger partial charge in [-0.1, -0.05) is 6.92 Å². The van der Waals surface area contributed by atoms with Crippen molar-refractivity contribution in [1.29, 1.82) is 0 Å². The lowest BCUT2D eigenvalue weighted by molar-refractivity contribution is -0.150. The Bertz CT molecular complexity index is 172. The summed E-state index contributed by atoms with van der Waals surface area (Å²) in [6, 6.07) is 0. The summed E-state index contributed by atoms with van der Waals surface area (Å²) in [5.74, 6) is 0.669. The SMILES string of the molecule is CCOC(=O)[C@H]1C[C@@H](C)CN(C)C1. The van der Waals surface area contributed by atoms with E-state index in [0.717, 1.165) is 19.5 Å². The van der Waals surface area contributed by atoms with E-state index in [-0.39, 0.29) is 11.9 Å². The predicted molar refractivity (Wildman–Crippen MR) is 51.4 cm³/mol. The van der Waals surface area contributed by atoms with Crippen molar-refractivity contribution < 1.29 is 9.53 Å². The minimum atomic E-state index is -0.0269. The van der Waals surface area contributed by atoms with Gasteiger partial charge in [-0.15, -0.1) is 0 Å². The summed E-state index contributed by atoms with van der Waals surface area (Å²) in [7, 11) is 2.06. The molecule has 0 aromatic rings. The Hall–Kier alpha value is -0.570. The van der Waals surface area contributed by atoms with E-state index in [1.807, 2.05) is 6.92 Å². The highest BCUT2D eigenvalue weighted by molar-refractivity contribution is 5.72. The molecule has 2 atom stereocenters. The van der Waals surface area contributed by atoms with Crippen LogP contribution in [-0.2, 0) is 9.53 Å². The second-order valence-electron chi connectivity index (χ2n) is 4.01. The lowest BCUT2D eigenvalue weighted by Crippen LogP contribution is -2.40. The van der Waals surface area contributed by atoms with Crippen LogP contribution in [0.2, 0.25) is 0 Å². The van der Waals surface area contributed by atoms with E-state index in [1.54, 1.807) is 0 Å². The van der Waals surface area contributed by atoms with E-state index in [1.165, 1.54) is 0 Å². The molecule has 0 aromatic carbocycles. The summed E-state index contributed by atoms with van der Waals surface area (Å²) in [5, 5.41) is 0. The van der Waals surface area contributed by atoms with Gasteiger partial charge in [-0.3, -0.25) is 4.79 Å². The van der Waals surface area contributed by atoms with Crippen molar-refractivity contribution in [3.8, 4) is 0 Å². The van der Waals surface area contributed by atoms with Crippen LogP contribution in [0.5, 0.6) is 0 Å². The predicted octanol–water partition coefficient (Wildman–Crippen LogP) is 1.14. The highest BCUT2D eigenvalue weighted by Crippen LogP contribution is 2.21. The molecule has 0 unspecified atom stereocenters. The van der Waals surface area contributed by atoms with Crippen LogP contribution in [0.25, 0.3) is 0 Å². The monoisotopic (exact) mass is 185 g/mol. The lowest BCUT2D eigenvalue weighted by Gasteiger charge is -2.32. The van der Waals surface area contributed by atoms with E-state index in [9.17, 15) is 4.79 Å². The van der Waals surface area contributed by atoms with Crippen molar-refractivity contribution in [2.75, 3.05) is 26.7 Å². The number of carbonyl (C=O) groups is 1. The zero-order chi connectivity index (χ0) is 9.84. The summed E-state index contributed by atoms with van der Waals surface area (Å²) < 4.78 is 5.01. The maximum Gasteiger partial charge on any atom is 0.310 e. The summed E-state index contributed by atoms with van der Waals surface area (Å²) in [6.07, 6.45) is 0.975. The van der Waals surface area contributed by atoms with Crippen LogP contribution >= 0.6 is 0 Å². The highest BCUT2D eigenvalue weighted by atomic mass is 16.5. The fraction of sp³-hybridized carbons (Fsp3) is 0.900. The number of likely N-dealkylation sites (tertiary alicyclic amines) is 1. The van der Waals surface area contributed by atoms with Crippen LogP contribution in [0.1, 0.15) is 20.3 Å². The van der Waals surface area contributed by atoms with Gasteiger partial charge in [0.25, 0.3) is 0 Å². The van der Waals surface area contributed by atoms with Crippen LogP contribution in [0.4, 0.5) is 0 Å². The van der Waals surface area contributed by atoms with Gasteiger partial charge in [0.05, 0.1) is 12.5 Å². The van der Waals surface area contributed by atoms with Crippen molar-refractivity contribution in [3.05, 3.63) is 0 Å². The maximum absolute atomic E-state index is 11.4. The van der Waals surface area contributed by atoms with Crippen LogP contribution in [0, 0.1) is 11.8 Å². The second kappa shape index (κ2) is 4.61. The Morgan fingerprint density at radius 1 is 1.54 bits per heavy atom. The summed E-state index contributed by atoms with van der Waals surface area (Å²) >= 11 is 0. The van der Waals surface area contributed by atoms with Crippen molar-refractivity contribution in [2.45, 2.75) is 20.3 Å². The lowest BCUT2D eigenvalue weighted by atomic mass is 9.91. The smallest absolute Gasteiger partial charge is 0.310 e. The van der Waals surface area contributed by atoms with Gasteiger partial charge in [-0.25, -0.2) is 0 Å². The van der Waals surface area contributed by atoms with Crippen molar-refractivity contribution >= 4 is 5.97 Å². The van der Waals surface area contributed by atoms with Crippen LogP contribution in [0.15, 0.2) is 0 Å². The average Bonchev–Trinajstić information content (AvgIpc) is 2.03. The molecule has 0 saturated carbocycles. The molecule has 3 nitrogen and oxygen atoms in total. The molecule has 0 aliphatic carbocycles. The molecule has 0 amide bonds. The molecule has 1 fully saturated rings. The van der Waals surface area contributed by atoms with Crippen LogP contribution < -0.4 is 0 Å². The molecule has 0 N–H and O–H groups in total. The van der Waals surface area contributed by atoms with Crippen molar-refractivity contribution in [3.63, 3.8) is 0 Å².